The first kappa shape index (κ1) is 19.5. The number of benzene rings is 2. The third-order valence-corrected chi connectivity index (χ3v) is 5.28. The molecule has 0 spiro atoms. The predicted molar refractivity (Wildman–Crippen MR) is 116 cm³/mol. The summed E-state index contributed by atoms with van der Waals surface area (Å²) in [5.74, 6) is -0.981. The van der Waals surface area contributed by atoms with E-state index in [1.165, 1.54) is 0 Å². The Bertz CT molecular complexity index is 1280. The molecule has 1 N–H and O–H groups in total. The van der Waals surface area contributed by atoms with Gasteiger partial charge in [0.2, 0.25) is 0 Å². The van der Waals surface area contributed by atoms with Crippen LogP contribution in [-0.2, 0) is 4.74 Å². The molecule has 8 heteroatoms. The number of thiophene rings is 1. The minimum Gasteiger partial charge on any atom is -0.461 e. The molecule has 0 saturated heterocycles. The number of para-hydroxylation sites is 1. The number of rotatable bonds is 5. The third kappa shape index (κ3) is 3.60. The molecule has 0 fully saturated rings. The lowest BCUT2D eigenvalue weighted by Gasteiger charge is -2.10. The minimum atomic E-state index is -0.633. The molecule has 1 amide bonds. The molecule has 2 aromatic heterocycles. The van der Waals surface area contributed by atoms with Crippen molar-refractivity contribution in [2.75, 3.05) is 11.9 Å². The molecule has 0 saturated carbocycles. The van der Waals surface area contributed by atoms with E-state index in [2.05, 4.69) is 10.4 Å². The van der Waals surface area contributed by atoms with E-state index in [1.54, 1.807) is 60.8 Å². The van der Waals surface area contributed by atoms with Crippen molar-refractivity contribution in [2.24, 2.45) is 0 Å². The number of carbonyl (C=O) groups excluding carboxylic acids is 2. The van der Waals surface area contributed by atoms with Crippen LogP contribution in [0.1, 0.15) is 27.8 Å². The van der Waals surface area contributed by atoms with Crippen molar-refractivity contribution in [2.45, 2.75) is 6.92 Å². The van der Waals surface area contributed by atoms with Gasteiger partial charge in [0.15, 0.2) is 5.69 Å². The van der Waals surface area contributed by atoms with Crippen molar-refractivity contribution in [3.63, 3.8) is 0 Å². The molecule has 2 heterocycles. The fourth-order valence-electron chi connectivity index (χ4n) is 3.00. The van der Waals surface area contributed by atoms with Crippen molar-refractivity contribution < 1.29 is 14.3 Å². The molecule has 150 valence electrons. The van der Waals surface area contributed by atoms with E-state index in [9.17, 15) is 14.4 Å². The van der Waals surface area contributed by atoms with Crippen LogP contribution >= 0.6 is 11.3 Å². The Morgan fingerprint density at radius 3 is 2.40 bits per heavy atom. The molecular formula is C22H17N3O4S. The van der Waals surface area contributed by atoms with Crippen LogP contribution in [0, 0.1) is 0 Å². The van der Waals surface area contributed by atoms with E-state index in [4.69, 9.17) is 4.74 Å². The summed E-state index contributed by atoms with van der Waals surface area (Å²) in [5, 5.41) is 9.59. The number of ether oxygens (including phenoxy) is 1. The number of hydrogen-bond acceptors (Lipinski definition) is 6. The quantitative estimate of drug-likeness (QED) is 0.496. The van der Waals surface area contributed by atoms with Gasteiger partial charge in [0.1, 0.15) is 5.00 Å². The fraction of sp³-hybridized carbons (Fsp3) is 0.0909. The monoisotopic (exact) mass is 419 g/mol. The zero-order chi connectivity index (χ0) is 21.1. The van der Waals surface area contributed by atoms with Crippen LogP contribution in [0.4, 0.5) is 5.00 Å². The summed E-state index contributed by atoms with van der Waals surface area (Å²) >= 11 is 1.16. The van der Waals surface area contributed by atoms with Crippen LogP contribution in [0.5, 0.6) is 0 Å². The lowest BCUT2D eigenvalue weighted by Crippen LogP contribution is -2.25. The van der Waals surface area contributed by atoms with Gasteiger partial charge in [-0.15, -0.1) is 11.3 Å². The highest BCUT2D eigenvalue weighted by molar-refractivity contribution is 7.16. The van der Waals surface area contributed by atoms with Crippen LogP contribution in [0.3, 0.4) is 0 Å². The summed E-state index contributed by atoms with van der Waals surface area (Å²) in [4.78, 5) is 38.4. The number of esters is 1. The van der Waals surface area contributed by atoms with Gasteiger partial charge in [-0.25, -0.2) is 4.79 Å². The molecule has 4 aromatic rings. The number of carbonyl (C=O) groups is 2. The molecule has 0 atom stereocenters. The molecule has 30 heavy (non-hydrogen) atoms. The first-order chi connectivity index (χ1) is 14.6. The number of fused-ring (bicyclic) bond motifs is 1. The van der Waals surface area contributed by atoms with Gasteiger partial charge in [-0.1, -0.05) is 36.4 Å². The Morgan fingerprint density at radius 1 is 1.07 bits per heavy atom. The van der Waals surface area contributed by atoms with Crippen molar-refractivity contribution in [1.29, 1.82) is 0 Å². The van der Waals surface area contributed by atoms with Crippen molar-refractivity contribution >= 4 is 39.0 Å². The average molecular weight is 419 g/mol. The molecule has 0 unspecified atom stereocenters. The standard InChI is InChI=1S/C22H17N3O4S/c1-2-29-22(28)18-16-13-30-20(23-19(26)14-9-5-3-6-10-14)17(16)21(27)25(24-18)15-11-7-4-8-12-15/h3-13H,2H2,1H3,(H,23,26). The SMILES string of the molecule is CCOC(=O)c1nn(-c2ccccc2)c(=O)c2c(NC(=O)c3ccccc3)scc12. The molecule has 0 aliphatic carbocycles. The van der Waals surface area contributed by atoms with E-state index in [0.717, 1.165) is 16.0 Å². The Labute approximate surface area is 175 Å². The van der Waals surface area contributed by atoms with Crippen molar-refractivity contribution in [3.8, 4) is 5.69 Å². The highest BCUT2D eigenvalue weighted by Crippen LogP contribution is 2.31. The van der Waals surface area contributed by atoms with E-state index < -0.39 is 11.5 Å². The largest absolute Gasteiger partial charge is 0.461 e. The first-order valence-electron chi connectivity index (χ1n) is 9.23. The highest BCUT2D eigenvalue weighted by Gasteiger charge is 2.23. The summed E-state index contributed by atoms with van der Waals surface area (Å²) in [6.45, 7) is 1.87. The molecular weight excluding hydrogens is 402 g/mol. The zero-order valence-electron chi connectivity index (χ0n) is 16.0. The smallest absolute Gasteiger partial charge is 0.359 e. The van der Waals surface area contributed by atoms with Crippen LogP contribution < -0.4 is 10.9 Å². The highest BCUT2D eigenvalue weighted by atomic mass is 32.1. The molecule has 0 aliphatic rings. The van der Waals surface area contributed by atoms with Gasteiger partial charge in [0.25, 0.3) is 11.5 Å². The molecule has 0 radical (unpaired) electrons. The maximum absolute atomic E-state index is 13.3. The van der Waals surface area contributed by atoms with E-state index in [-0.39, 0.29) is 23.6 Å². The predicted octanol–water partition coefficient (Wildman–Crippen LogP) is 3.88. The lowest BCUT2D eigenvalue weighted by atomic mass is 10.2. The average Bonchev–Trinajstić information content (AvgIpc) is 3.19. The second kappa shape index (κ2) is 8.30. The number of anilines is 1. The number of nitrogens with zero attached hydrogens (tertiary/aromatic N) is 2. The Hall–Kier alpha value is -3.78. The topological polar surface area (TPSA) is 90.3 Å². The van der Waals surface area contributed by atoms with E-state index in [0.29, 0.717) is 21.6 Å². The van der Waals surface area contributed by atoms with Crippen LogP contribution in [0.15, 0.2) is 70.8 Å². The van der Waals surface area contributed by atoms with Gasteiger partial charge >= 0.3 is 5.97 Å². The second-order valence-electron chi connectivity index (χ2n) is 6.30. The van der Waals surface area contributed by atoms with Gasteiger partial charge in [-0.3, -0.25) is 9.59 Å². The number of nitrogens with one attached hydrogen (secondary N) is 1. The van der Waals surface area contributed by atoms with Gasteiger partial charge in [0, 0.05) is 16.3 Å². The lowest BCUT2D eigenvalue weighted by molar-refractivity contribution is 0.0520. The molecule has 2 aromatic carbocycles. The van der Waals surface area contributed by atoms with Crippen molar-refractivity contribution in [3.05, 3.63) is 87.7 Å². The molecule has 0 bridgehead atoms. The van der Waals surface area contributed by atoms with E-state index in [1.807, 2.05) is 12.1 Å². The summed E-state index contributed by atoms with van der Waals surface area (Å²) in [5.41, 5.74) is 0.546. The van der Waals surface area contributed by atoms with Gasteiger partial charge < -0.3 is 10.1 Å². The Kier molecular flexibility index (Phi) is 5.40. The van der Waals surface area contributed by atoms with Crippen LogP contribution in [-0.4, -0.2) is 28.3 Å². The number of amides is 1. The fourth-order valence-corrected chi connectivity index (χ4v) is 3.93. The molecule has 4 rings (SSSR count). The minimum absolute atomic E-state index is 0.0202. The van der Waals surface area contributed by atoms with Gasteiger partial charge in [-0.2, -0.15) is 9.78 Å². The van der Waals surface area contributed by atoms with Gasteiger partial charge in [-0.05, 0) is 31.2 Å². The maximum Gasteiger partial charge on any atom is 0.359 e. The Morgan fingerprint density at radius 2 is 1.73 bits per heavy atom. The Balaban J connectivity index is 1.89. The maximum atomic E-state index is 13.3. The van der Waals surface area contributed by atoms with E-state index >= 15 is 0 Å². The summed E-state index contributed by atoms with van der Waals surface area (Å²) in [6.07, 6.45) is 0. The summed E-state index contributed by atoms with van der Waals surface area (Å²) < 4.78 is 6.28. The summed E-state index contributed by atoms with van der Waals surface area (Å²) in [6, 6.07) is 17.5. The number of aromatic nitrogens is 2. The third-order valence-electron chi connectivity index (χ3n) is 4.38. The molecule has 0 aliphatic heterocycles. The zero-order valence-corrected chi connectivity index (χ0v) is 16.8. The molecule has 7 nitrogen and oxygen atoms in total. The van der Waals surface area contributed by atoms with Crippen LogP contribution in [0.2, 0.25) is 0 Å². The van der Waals surface area contributed by atoms with Gasteiger partial charge in [0.05, 0.1) is 17.7 Å². The second-order valence-corrected chi connectivity index (χ2v) is 7.17. The normalized spacial score (nSPS) is 10.7. The summed E-state index contributed by atoms with van der Waals surface area (Å²) in [7, 11) is 0. The number of hydrogen-bond donors (Lipinski definition) is 1. The first-order valence-corrected chi connectivity index (χ1v) is 10.1. The van der Waals surface area contributed by atoms with Crippen molar-refractivity contribution in [1.82, 2.24) is 9.78 Å². The van der Waals surface area contributed by atoms with Crippen LogP contribution in [0.25, 0.3) is 16.5 Å².